The van der Waals surface area contributed by atoms with E-state index in [-0.39, 0.29) is 18.6 Å². The minimum absolute atomic E-state index is 0.0109. The molecule has 0 aromatic heterocycles. The van der Waals surface area contributed by atoms with Gasteiger partial charge in [0.25, 0.3) is 0 Å². The first-order chi connectivity index (χ1) is 6.11. The van der Waals surface area contributed by atoms with Crippen LogP contribution in [0.3, 0.4) is 0 Å². The third kappa shape index (κ3) is 2.03. The molecular weight excluding hydrogens is 192 g/mol. The summed E-state index contributed by atoms with van der Waals surface area (Å²) in [4.78, 5) is 0. The van der Waals surface area contributed by atoms with Crippen molar-refractivity contribution in [3.8, 4) is 0 Å². The van der Waals surface area contributed by atoms with Crippen molar-refractivity contribution in [3.05, 3.63) is 0 Å². The summed E-state index contributed by atoms with van der Waals surface area (Å²) < 4.78 is 27.2. The van der Waals surface area contributed by atoms with Crippen LogP contribution in [-0.2, 0) is 15.4 Å². The molecule has 0 bridgehead atoms. The Labute approximate surface area is 79.9 Å². The Bertz CT molecular complexity index is 228. The van der Waals surface area contributed by atoms with Crippen LogP contribution in [0.25, 0.3) is 0 Å². The number of thiol groups is 1. The third-order valence-corrected chi connectivity index (χ3v) is 3.97. The highest BCUT2D eigenvalue weighted by molar-refractivity contribution is 7.73. The Morgan fingerprint density at radius 1 is 1.38 bits per heavy atom. The Morgan fingerprint density at radius 3 is 2.31 bits per heavy atom. The molecule has 0 spiro atoms. The number of hydrogen-bond donors (Lipinski definition) is 2. The van der Waals surface area contributed by atoms with Crippen molar-refractivity contribution in [2.24, 2.45) is 5.92 Å². The summed E-state index contributed by atoms with van der Waals surface area (Å²) in [6.45, 7) is 3.60. The topological polar surface area (TPSA) is 63.6 Å². The van der Waals surface area contributed by atoms with Crippen LogP contribution in [0.2, 0.25) is 0 Å². The van der Waals surface area contributed by atoms with Crippen LogP contribution in [-0.4, -0.2) is 37.6 Å². The zero-order valence-electron chi connectivity index (χ0n) is 7.84. The molecule has 4 atom stereocenters. The highest BCUT2D eigenvalue weighted by Gasteiger charge is 2.42. The van der Waals surface area contributed by atoms with Crippen LogP contribution < -0.4 is 0 Å². The first-order valence-corrected chi connectivity index (χ1v) is 5.76. The average molecular weight is 208 g/mol. The Hall–Kier alpha value is -0.130. The zero-order valence-corrected chi connectivity index (χ0v) is 8.74. The fraction of sp³-hybridized carbons (Fsp3) is 1.00. The molecule has 1 aliphatic rings. The standard InChI is InChI=1S/C8H16O4S/c1-3-6-5(2)8(13(10)11)7(4-9)12-6/h5-9,13H,3-4H2,1-2H3. The predicted octanol–water partition coefficient (Wildman–Crippen LogP) is -0.228. The minimum Gasteiger partial charge on any atom is -0.394 e. The molecule has 4 unspecified atom stereocenters. The fourth-order valence-corrected chi connectivity index (χ4v) is 2.95. The molecule has 0 aromatic rings. The summed E-state index contributed by atoms with van der Waals surface area (Å²) in [6.07, 6.45) is 0.230. The molecule has 0 amide bonds. The van der Waals surface area contributed by atoms with Crippen molar-refractivity contribution in [2.75, 3.05) is 6.61 Å². The second-order valence-electron chi connectivity index (χ2n) is 3.44. The largest absolute Gasteiger partial charge is 0.394 e. The van der Waals surface area contributed by atoms with Gasteiger partial charge >= 0.3 is 0 Å². The lowest BCUT2D eigenvalue weighted by molar-refractivity contribution is 0.00551. The second kappa shape index (κ2) is 4.39. The monoisotopic (exact) mass is 208 g/mol. The first kappa shape index (κ1) is 10.9. The van der Waals surface area contributed by atoms with Crippen molar-refractivity contribution < 1.29 is 18.3 Å². The molecule has 1 saturated heterocycles. The van der Waals surface area contributed by atoms with Gasteiger partial charge in [0, 0.05) is 5.92 Å². The van der Waals surface area contributed by atoms with Crippen molar-refractivity contribution in [1.82, 2.24) is 0 Å². The molecule has 0 aliphatic carbocycles. The summed E-state index contributed by atoms with van der Waals surface area (Å²) in [5.74, 6) is -0.0109. The number of aliphatic hydroxyl groups excluding tert-OH is 1. The molecule has 13 heavy (non-hydrogen) atoms. The minimum atomic E-state index is -2.50. The van der Waals surface area contributed by atoms with Gasteiger partial charge in [-0.15, -0.1) is 0 Å². The highest BCUT2D eigenvalue weighted by Crippen LogP contribution is 2.30. The van der Waals surface area contributed by atoms with Crippen LogP contribution in [0.15, 0.2) is 0 Å². The van der Waals surface area contributed by atoms with Gasteiger partial charge in [0.05, 0.1) is 24.1 Å². The molecule has 0 radical (unpaired) electrons. The molecular formula is C8H16O4S. The molecule has 78 valence electrons. The SMILES string of the molecule is CCC1OC(CO)C([SH](=O)=O)C1C. The molecule has 5 heteroatoms. The third-order valence-electron chi connectivity index (χ3n) is 2.68. The van der Waals surface area contributed by atoms with Gasteiger partial charge in [-0.1, -0.05) is 13.8 Å². The van der Waals surface area contributed by atoms with Crippen LogP contribution in [0, 0.1) is 5.92 Å². The maximum atomic E-state index is 10.9. The van der Waals surface area contributed by atoms with Gasteiger partial charge in [-0.25, -0.2) is 8.42 Å². The van der Waals surface area contributed by atoms with Crippen LogP contribution in [0.1, 0.15) is 20.3 Å². The Morgan fingerprint density at radius 2 is 2.00 bits per heavy atom. The van der Waals surface area contributed by atoms with Gasteiger partial charge in [-0.05, 0) is 6.42 Å². The summed E-state index contributed by atoms with van der Waals surface area (Å²) in [6, 6.07) is 0. The number of aliphatic hydroxyl groups is 1. The fourth-order valence-electron chi connectivity index (χ4n) is 1.93. The van der Waals surface area contributed by atoms with E-state index in [0.29, 0.717) is 0 Å². The zero-order chi connectivity index (χ0) is 10.0. The maximum absolute atomic E-state index is 10.9. The van der Waals surface area contributed by atoms with E-state index in [2.05, 4.69) is 0 Å². The van der Waals surface area contributed by atoms with Crippen molar-refractivity contribution in [1.29, 1.82) is 0 Å². The number of rotatable bonds is 3. The van der Waals surface area contributed by atoms with Gasteiger partial charge in [-0.3, -0.25) is 0 Å². The van der Waals surface area contributed by atoms with Gasteiger partial charge in [0.1, 0.15) is 10.7 Å². The molecule has 1 aliphatic heterocycles. The normalized spacial score (nSPS) is 40.0. The number of hydrogen-bond acceptors (Lipinski definition) is 4. The molecule has 0 saturated carbocycles. The number of ether oxygens (including phenoxy) is 1. The van der Waals surface area contributed by atoms with E-state index in [4.69, 9.17) is 9.84 Å². The van der Waals surface area contributed by atoms with Gasteiger partial charge in [-0.2, -0.15) is 0 Å². The second-order valence-corrected chi connectivity index (χ2v) is 4.61. The summed E-state index contributed by atoms with van der Waals surface area (Å²) in [7, 11) is -2.50. The van der Waals surface area contributed by atoms with E-state index in [0.717, 1.165) is 6.42 Å². The lowest BCUT2D eigenvalue weighted by atomic mass is 10.00. The molecule has 4 nitrogen and oxygen atoms in total. The molecule has 1 fully saturated rings. The van der Waals surface area contributed by atoms with Gasteiger partial charge in [0.15, 0.2) is 0 Å². The quantitative estimate of drug-likeness (QED) is 0.629. The van der Waals surface area contributed by atoms with Crippen molar-refractivity contribution in [3.63, 3.8) is 0 Å². The van der Waals surface area contributed by atoms with E-state index in [1.807, 2.05) is 13.8 Å². The van der Waals surface area contributed by atoms with Crippen LogP contribution in [0.5, 0.6) is 0 Å². The van der Waals surface area contributed by atoms with Crippen molar-refractivity contribution >= 4 is 10.7 Å². The van der Waals surface area contributed by atoms with Gasteiger partial charge < -0.3 is 9.84 Å². The summed E-state index contributed by atoms with van der Waals surface area (Å²) in [5, 5.41) is 8.40. The van der Waals surface area contributed by atoms with E-state index in [1.54, 1.807) is 0 Å². The summed E-state index contributed by atoms with van der Waals surface area (Å²) in [5.41, 5.74) is 0. The van der Waals surface area contributed by atoms with E-state index < -0.39 is 22.1 Å². The lowest BCUT2D eigenvalue weighted by Gasteiger charge is -2.12. The molecule has 0 aromatic carbocycles. The van der Waals surface area contributed by atoms with Gasteiger partial charge in [0.2, 0.25) is 0 Å². The van der Waals surface area contributed by atoms with E-state index in [1.165, 1.54) is 0 Å². The van der Waals surface area contributed by atoms with Crippen LogP contribution in [0.4, 0.5) is 0 Å². The lowest BCUT2D eigenvalue weighted by Crippen LogP contribution is -2.30. The molecule has 1 rings (SSSR count). The maximum Gasteiger partial charge on any atom is 0.146 e. The Balaban J connectivity index is 2.79. The van der Waals surface area contributed by atoms with E-state index in [9.17, 15) is 8.42 Å². The average Bonchev–Trinajstić information content (AvgIpc) is 2.41. The first-order valence-electron chi connectivity index (χ1n) is 4.51. The van der Waals surface area contributed by atoms with Crippen LogP contribution >= 0.6 is 0 Å². The summed E-state index contributed by atoms with van der Waals surface area (Å²) >= 11 is 0. The predicted molar refractivity (Wildman–Crippen MR) is 49.3 cm³/mol. The van der Waals surface area contributed by atoms with E-state index >= 15 is 0 Å². The van der Waals surface area contributed by atoms with Crippen molar-refractivity contribution in [2.45, 2.75) is 37.7 Å². The molecule has 1 heterocycles. The Kier molecular flexibility index (Phi) is 3.70. The smallest absolute Gasteiger partial charge is 0.146 e. The highest BCUT2D eigenvalue weighted by atomic mass is 32.2. The molecule has 1 N–H and O–H groups in total.